The normalized spacial score (nSPS) is 22.6. The lowest BCUT2D eigenvalue weighted by atomic mass is 9.99. The lowest BCUT2D eigenvalue weighted by Gasteiger charge is -2.31. The molecule has 1 aromatic rings. The maximum Gasteiger partial charge on any atom is 0.253 e. The maximum absolute atomic E-state index is 12.5. The monoisotopic (exact) mass is 322 g/mol. The van der Waals surface area contributed by atoms with Gasteiger partial charge in [0.1, 0.15) is 0 Å². The molecule has 1 aliphatic carbocycles. The highest BCUT2D eigenvalue weighted by molar-refractivity contribution is 7.89. The second-order valence-corrected chi connectivity index (χ2v) is 8.13. The molecule has 2 fully saturated rings. The summed E-state index contributed by atoms with van der Waals surface area (Å²) in [5.74, 6) is 0.519. The van der Waals surface area contributed by atoms with Gasteiger partial charge in [0.2, 0.25) is 10.0 Å². The number of hydrogen-bond donors (Lipinski definition) is 1. The van der Waals surface area contributed by atoms with E-state index in [1.165, 1.54) is 12.1 Å². The third-order valence-corrected chi connectivity index (χ3v) is 5.79. The summed E-state index contributed by atoms with van der Waals surface area (Å²) in [6.45, 7) is 3.72. The molecule has 1 aliphatic heterocycles. The Balaban J connectivity index is 1.71. The van der Waals surface area contributed by atoms with Crippen molar-refractivity contribution >= 4 is 15.9 Å². The van der Waals surface area contributed by atoms with Crippen molar-refractivity contribution in [2.75, 3.05) is 13.1 Å². The molecule has 0 spiro atoms. The van der Waals surface area contributed by atoms with Crippen LogP contribution in [0.2, 0.25) is 0 Å². The Labute approximate surface area is 131 Å². The molecule has 1 N–H and O–H groups in total. The van der Waals surface area contributed by atoms with E-state index >= 15 is 0 Å². The predicted octanol–water partition coefficient (Wildman–Crippen LogP) is 2.00. The number of piperidine rings is 1. The average molecular weight is 322 g/mol. The van der Waals surface area contributed by atoms with Crippen LogP contribution in [0.5, 0.6) is 0 Å². The van der Waals surface area contributed by atoms with Crippen LogP contribution in [0.15, 0.2) is 29.2 Å². The molecule has 0 aromatic heterocycles. The fraction of sp³-hybridized carbons (Fsp3) is 0.562. The Hall–Kier alpha value is -1.40. The molecule has 1 atom stereocenters. The predicted molar refractivity (Wildman–Crippen MR) is 84.1 cm³/mol. The first-order valence-electron chi connectivity index (χ1n) is 7.87. The van der Waals surface area contributed by atoms with Crippen molar-refractivity contribution in [2.24, 2.45) is 5.92 Å². The average Bonchev–Trinajstić information content (AvgIpc) is 3.30. The van der Waals surface area contributed by atoms with E-state index in [1.807, 2.05) is 4.90 Å². The van der Waals surface area contributed by atoms with Gasteiger partial charge in [-0.05, 0) is 55.9 Å². The van der Waals surface area contributed by atoms with Crippen molar-refractivity contribution in [3.8, 4) is 0 Å². The quantitative estimate of drug-likeness (QED) is 0.922. The number of nitrogens with zero attached hydrogens (tertiary/aromatic N) is 1. The fourth-order valence-electron chi connectivity index (χ4n) is 2.82. The van der Waals surface area contributed by atoms with E-state index in [2.05, 4.69) is 11.6 Å². The summed E-state index contributed by atoms with van der Waals surface area (Å²) in [5.41, 5.74) is 0.555. The van der Waals surface area contributed by atoms with E-state index in [9.17, 15) is 13.2 Å². The zero-order chi connectivity index (χ0) is 15.7. The Morgan fingerprint density at radius 1 is 1.18 bits per heavy atom. The van der Waals surface area contributed by atoms with Gasteiger partial charge in [0.05, 0.1) is 4.90 Å². The number of sulfonamides is 1. The van der Waals surface area contributed by atoms with Crippen LogP contribution in [-0.4, -0.2) is 38.4 Å². The van der Waals surface area contributed by atoms with Crippen molar-refractivity contribution < 1.29 is 13.2 Å². The van der Waals surface area contributed by atoms with Crippen molar-refractivity contribution in [3.05, 3.63) is 29.8 Å². The molecule has 1 unspecified atom stereocenters. The number of amides is 1. The SMILES string of the molecule is CC1CCCN(C(=O)c2ccc(S(=O)(=O)NC3CC3)cc2)C1. The van der Waals surface area contributed by atoms with Crippen molar-refractivity contribution in [1.29, 1.82) is 0 Å². The van der Waals surface area contributed by atoms with E-state index in [-0.39, 0.29) is 16.8 Å². The summed E-state index contributed by atoms with van der Waals surface area (Å²) < 4.78 is 26.8. The number of carbonyl (C=O) groups is 1. The van der Waals surface area contributed by atoms with Gasteiger partial charge in [-0.2, -0.15) is 0 Å². The van der Waals surface area contributed by atoms with Gasteiger partial charge in [-0.15, -0.1) is 0 Å². The van der Waals surface area contributed by atoms with Gasteiger partial charge < -0.3 is 4.90 Å². The maximum atomic E-state index is 12.5. The molecular formula is C16H22N2O3S. The van der Waals surface area contributed by atoms with Gasteiger partial charge in [-0.3, -0.25) is 4.79 Å². The van der Waals surface area contributed by atoms with Crippen LogP contribution in [0.4, 0.5) is 0 Å². The Morgan fingerprint density at radius 3 is 2.45 bits per heavy atom. The van der Waals surface area contributed by atoms with Crippen LogP contribution >= 0.6 is 0 Å². The van der Waals surface area contributed by atoms with Crippen molar-refractivity contribution in [3.63, 3.8) is 0 Å². The van der Waals surface area contributed by atoms with E-state index in [0.29, 0.717) is 11.5 Å². The van der Waals surface area contributed by atoms with E-state index < -0.39 is 10.0 Å². The summed E-state index contributed by atoms with van der Waals surface area (Å²) in [5, 5.41) is 0. The minimum atomic E-state index is -3.45. The van der Waals surface area contributed by atoms with Gasteiger partial charge in [0, 0.05) is 24.7 Å². The second kappa shape index (κ2) is 6.01. The topological polar surface area (TPSA) is 66.5 Å². The standard InChI is InChI=1S/C16H22N2O3S/c1-12-3-2-10-18(11-12)16(19)13-4-8-15(9-5-13)22(20,21)17-14-6-7-14/h4-5,8-9,12,14,17H,2-3,6-7,10-11H2,1H3. The zero-order valence-corrected chi connectivity index (χ0v) is 13.6. The number of nitrogens with one attached hydrogen (secondary N) is 1. The minimum Gasteiger partial charge on any atom is -0.338 e. The summed E-state index contributed by atoms with van der Waals surface area (Å²) in [7, 11) is -3.45. The number of hydrogen-bond acceptors (Lipinski definition) is 3. The lowest BCUT2D eigenvalue weighted by molar-refractivity contribution is 0.0683. The molecule has 1 aromatic carbocycles. The highest BCUT2D eigenvalue weighted by atomic mass is 32.2. The van der Waals surface area contributed by atoms with Crippen molar-refractivity contribution in [2.45, 2.75) is 43.5 Å². The molecule has 0 radical (unpaired) electrons. The number of benzene rings is 1. The molecular weight excluding hydrogens is 300 g/mol. The summed E-state index contributed by atoms with van der Waals surface area (Å²) in [4.78, 5) is 14.5. The number of carbonyl (C=O) groups excluding carboxylic acids is 1. The molecule has 1 amide bonds. The van der Waals surface area contributed by atoms with E-state index in [1.54, 1.807) is 12.1 Å². The molecule has 0 bridgehead atoms. The van der Waals surface area contributed by atoms with Crippen LogP contribution in [0.3, 0.4) is 0 Å². The lowest BCUT2D eigenvalue weighted by Crippen LogP contribution is -2.39. The molecule has 1 saturated heterocycles. The second-order valence-electron chi connectivity index (χ2n) is 6.42. The first-order valence-corrected chi connectivity index (χ1v) is 9.36. The Kier molecular flexibility index (Phi) is 4.23. The van der Waals surface area contributed by atoms with Gasteiger partial charge in [-0.25, -0.2) is 13.1 Å². The molecule has 3 rings (SSSR count). The van der Waals surface area contributed by atoms with Crippen LogP contribution in [0.25, 0.3) is 0 Å². The highest BCUT2D eigenvalue weighted by Gasteiger charge is 2.28. The first-order chi connectivity index (χ1) is 10.5. The fourth-order valence-corrected chi connectivity index (χ4v) is 4.13. The van der Waals surface area contributed by atoms with E-state index in [4.69, 9.17) is 0 Å². The van der Waals surface area contributed by atoms with Gasteiger partial charge >= 0.3 is 0 Å². The first kappa shape index (κ1) is 15.5. The number of rotatable bonds is 4. The van der Waals surface area contributed by atoms with Crippen molar-refractivity contribution in [1.82, 2.24) is 9.62 Å². The summed E-state index contributed by atoms with van der Waals surface area (Å²) in [6.07, 6.45) is 4.00. The molecule has 1 heterocycles. The van der Waals surface area contributed by atoms with Crippen LogP contribution in [0.1, 0.15) is 43.0 Å². The zero-order valence-electron chi connectivity index (χ0n) is 12.8. The molecule has 6 heteroatoms. The largest absolute Gasteiger partial charge is 0.338 e. The van der Waals surface area contributed by atoms with Gasteiger partial charge in [0.15, 0.2) is 0 Å². The Morgan fingerprint density at radius 2 is 1.86 bits per heavy atom. The van der Waals surface area contributed by atoms with Gasteiger partial charge in [0.25, 0.3) is 5.91 Å². The van der Waals surface area contributed by atoms with E-state index in [0.717, 1.165) is 38.8 Å². The summed E-state index contributed by atoms with van der Waals surface area (Å²) >= 11 is 0. The molecule has 5 nitrogen and oxygen atoms in total. The third-order valence-electron chi connectivity index (χ3n) is 4.25. The van der Waals surface area contributed by atoms with Gasteiger partial charge in [-0.1, -0.05) is 6.92 Å². The Bertz CT molecular complexity index is 650. The third kappa shape index (κ3) is 3.50. The smallest absolute Gasteiger partial charge is 0.253 e. The van der Waals surface area contributed by atoms with Crippen LogP contribution < -0.4 is 4.72 Å². The van der Waals surface area contributed by atoms with Crippen LogP contribution in [-0.2, 0) is 10.0 Å². The molecule has 2 aliphatic rings. The molecule has 1 saturated carbocycles. The molecule has 120 valence electrons. The minimum absolute atomic E-state index is 0.00866. The molecule has 22 heavy (non-hydrogen) atoms. The number of likely N-dealkylation sites (tertiary alicyclic amines) is 1. The highest BCUT2D eigenvalue weighted by Crippen LogP contribution is 2.23. The summed E-state index contributed by atoms with van der Waals surface area (Å²) in [6, 6.07) is 6.35. The van der Waals surface area contributed by atoms with Crippen LogP contribution in [0, 0.1) is 5.92 Å².